The third kappa shape index (κ3) is 2.36. The Bertz CT molecular complexity index is 433. The van der Waals surface area contributed by atoms with Crippen LogP contribution in [0.4, 0.5) is 0 Å². The SMILES string of the molecule is O=C(O)C1CCC(C(=O)NC2C3CC4CC(C3)CC2C4)C1. The van der Waals surface area contributed by atoms with E-state index in [2.05, 4.69) is 5.32 Å². The molecule has 5 rings (SSSR count). The summed E-state index contributed by atoms with van der Waals surface area (Å²) in [6.45, 7) is 0. The van der Waals surface area contributed by atoms with Crippen LogP contribution in [0.2, 0.25) is 0 Å². The van der Waals surface area contributed by atoms with Crippen molar-refractivity contribution in [2.75, 3.05) is 0 Å². The maximum absolute atomic E-state index is 12.5. The number of carboxylic acid groups (broad SMARTS) is 1. The molecule has 0 aromatic heterocycles. The van der Waals surface area contributed by atoms with Crippen LogP contribution in [0.1, 0.15) is 51.4 Å². The van der Waals surface area contributed by atoms with Crippen molar-refractivity contribution < 1.29 is 14.7 Å². The molecule has 2 N–H and O–H groups in total. The lowest BCUT2D eigenvalue weighted by atomic mass is 9.54. The summed E-state index contributed by atoms with van der Waals surface area (Å²) in [6, 6.07) is 0.383. The largest absolute Gasteiger partial charge is 0.481 e. The highest BCUT2D eigenvalue weighted by atomic mass is 16.4. The van der Waals surface area contributed by atoms with Crippen LogP contribution in [0.5, 0.6) is 0 Å². The predicted molar refractivity (Wildman–Crippen MR) is 77.4 cm³/mol. The first kappa shape index (κ1) is 13.6. The highest BCUT2D eigenvalue weighted by Gasteiger charge is 2.49. The molecule has 5 aliphatic carbocycles. The highest BCUT2D eigenvalue weighted by molar-refractivity contribution is 5.81. The van der Waals surface area contributed by atoms with Crippen LogP contribution in [0.25, 0.3) is 0 Å². The fourth-order valence-corrected chi connectivity index (χ4v) is 5.89. The number of amides is 1. The number of carboxylic acids is 1. The fourth-order valence-electron chi connectivity index (χ4n) is 5.89. The van der Waals surface area contributed by atoms with E-state index >= 15 is 0 Å². The molecule has 4 nitrogen and oxygen atoms in total. The summed E-state index contributed by atoms with van der Waals surface area (Å²) in [7, 11) is 0. The second kappa shape index (κ2) is 4.99. The predicted octanol–water partition coefficient (Wildman–Crippen LogP) is 2.43. The second-order valence-electron chi connectivity index (χ2n) is 8.01. The zero-order valence-corrected chi connectivity index (χ0v) is 12.5. The highest BCUT2D eigenvalue weighted by Crippen LogP contribution is 2.53. The molecule has 116 valence electrons. The molecule has 5 saturated carbocycles. The molecule has 0 saturated heterocycles. The van der Waals surface area contributed by atoms with Gasteiger partial charge >= 0.3 is 5.97 Å². The maximum atomic E-state index is 12.5. The van der Waals surface area contributed by atoms with Crippen LogP contribution < -0.4 is 5.32 Å². The van der Waals surface area contributed by atoms with Gasteiger partial charge < -0.3 is 10.4 Å². The van der Waals surface area contributed by atoms with Crippen molar-refractivity contribution in [2.45, 2.75) is 57.4 Å². The molecule has 5 fully saturated rings. The van der Waals surface area contributed by atoms with E-state index in [4.69, 9.17) is 5.11 Å². The molecular formula is C17H25NO3. The second-order valence-corrected chi connectivity index (χ2v) is 8.01. The Kier molecular flexibility index (Phi) is 3.23. The van der Waals surface area contributed by atoms with Crippen molar-refractivity contribution in [1.29, 1.82) is 0 Å². The minimum atomic E-state index is -0.736. The molecule has 4 heteroatoms. The number of hydrogen-bond donors (Lipinski definition) is 2. The first-order chi connectivity index (χ1) is 10.1. The summed E-state index contributed by atoms with van der Waals surface area (Å²) >= 11 is 0. The lowest BCUT2D eigenvalue weighted by Gasteiger charge is -2.54. The molecule has 0 radical (unpaired) electrons. The third-order valence-electron chi connectivity index (χ3n) is 6.69. The molecule has 0 spiro atoms. The smallest absolute Gasteiger partial charge is 0.306 e. The molecule has 0 aromatic rings. The molecule has 4 bridgehead atoms. The van der Waals surface area contributed by atoms with Gasteiger partial charge in [0.2, 0.25) is 5.91 Å². The quantitative estimate of drug-likeness (QED) is 0.839. The van der Waals surface area contributed by atoms with E-state index in [1.807, 2.05) is 0 Å². The van der Waals surface area contributed by atoms with Gasteiger partial charge in [-0.3, -0.25) is 9.59 Å². The summed E-state index contributed by atoms with van der Waals surface area (Å²) in [5.41, 5.74) is 0. The van der Waals surface area contributed by atoms with Crippen molar-refractivity contribution >= 4 is 11.9 Å². The number of carbonyl (C=O) groups is 2. The topological polar surface area (TPSA) is 66.4 Å². The molecular weight excluding hydrogens is 266 g/mol. The van der Waals surface area contributed by atoms with Gasteiger partial charge in [-0.2, -0.15) is 0 Å². The third-order valence-corrected chi connectivity index (χ3v) is 6.69. The van der Waals surface area contributed by atoms with Crippen LogP contribution in [-0.2, 0) is 9.59 Å². The zero-order chi connectivity index (χ0) is 14.6. The van der Waals surface area contributed by atoms with Gasteiger partial charge in [0.05, 0.1) is 5.92 Å². The number of aliphatic carboxylic acids is 1. The lowest BCUT2D eigenvalue weighted by Crippen LogP contribution is -2.56. The molecule has 21 heavy (non-hydrogen) atoms. The molecule has 2 atom stereocenters. The summed E-state index contributed by atoms with van der Waals surface area (Å²) in [5.74, 6) is 2.26. The van der Waals surface area contributed by atoms with E-state index in [1.165, 1.54) is 32.1 Å². The monoisotopic (exact) mass is 291 g/mol. The van der Waals surface area contributed by atoms with Crippen molar-refractivity contribution in [3.8, 4) is 0 Å². The Morgan fingerprint density at radius 2 is 1.38 bits per heavy atom. The number of nitrogens with one attached hydrogen (secondary N) is 1. The number of rotatable bonds is 3. The van der Waals surface area contributed by atoms with Crippen molar-refractivity contribution in [3.05, 3.63) is 0 Å². The first-order valence-corrected chi connectivity index (χ1v) is 8.63. The molecule has 2 unspecified atom stereocenters. The van der Waals surface area contributed by atoms with Crippen LogP contribution >= 0.6 is 0 Å². The minimum Gasteiger partial charge on any atom is -0.481 e. The minimum absolute atomic E-state index is 0.0664. The van der Waals surface area contributed by atoms with Crippen molar-refractivity contribution in [2.24, 2.45) is 35.5 Å². The van der Waals surface area contributed by atoms with E-state index in [-0.39, 0.29) is 17.7 Å². The number of carbonyl (C=O) groups excluding carboxylic acids is 1. The normalized spacial score (nSPS) is 47.5. The molecule has 0 aromatic carbocycles. The van der Waals surface area contributed by atoms with Crippen LogP contribution in [-0.4, -0.2) is 23.0 Å². The molecule has 5 aliphatic rings. The van der Waals surface area contributed by atoms with Crippen molar-refractivity contribution in [3.63, 3.8) is 0 Å². The van der Waals surface area contributed by atoms with Gasteiger partial charge in [0.1, 0.15) is 0 Å². The van der Waals surface area contributed by atoms with Gasteiger partial charge in [0.15, 0.2) is 0 Å². The average Bonchev–Trinajstić information content (AvgIpc) is 2.92. The van der Waals surface area contributed by atoms with Gasteiger partial charge in [-0.1, -0.05) is 0 Å². The van der Waals surface area contributed by atoms with Crippen LogP contribution in [0.15, 0.2) is 0 Å². The van der Waals surface area contributed by atoms with E-state index in [0.717, 1.165) is 18.3 Å². The number of hydrogen-bond acceptors (Lipinski definition) is 2. The van der Waals surface area contributed by atoms with E-state index in [0.29, 0.717) is 30.7 Å². The van der Waals surface area contributed by atoms with Gasteiger partial charge in [-0.05, 0) is 75.0 Å². The Balaban J connectivity index is 1.38. The lowest BCUT2D eigenvalue weighted by molar-refractivity contribution is -0.141. The Hall–Kier alpha value is -1.06. The Labute approximate surface area is 125 Å². The summed E-state index contributed by atoms with van der Waals surface area (Å²) in [5, 5.41) is 12.4. The summed E-state index contributed by atoms with van der Waals surface area (Å²) in [6.07, 6.45) is 8.59. The van der Waals surface area contributed by atoms with Crippen LogP contribution in [0.3, 0.4) is 0 Å². The first-order valence-electron chi connectivity index (χ1n) is 8.63. The molecule has 0 aliphatic heterocycles. The Morgan fingerprint density at radius 1 is 0.810 bits per heavy atom. The Morgan fingerprint density at radius 3 is 1.90 bits per heavy atom. The molecule has 1 amide bonds. The molecule has 0 heterocycles. The maximum Gasteiger partial charge on any atom is 0.306 e. The summed E-state index contributed by atoms with van der Waals surface area (Å²) < 4.78 is 0. The van der Waals surface area contributed by atoms with Gasteiger partial charge in [0, 0.05) is 12.0 Å². The van der Waals surface area contributed by atoms with E-state index < -0.39 is 5.97 Å². The van der Waals surface area contributed by atoms with E-state index in [9.17, 15) is 9.59 Å². The average molecular weight is 291 g/mol. The van der Waals surface area contributed by atoms with Crippen LogP contribution in [0, 0.1) is 35.5 Å². The standard InChI is InChI=1S/C17H25NO3/c19-16(11-1-2-12(8-11)17(20)21)18-15-13-4-9-3-10(6-13)7-14(15)5-9/h9-15H,1-8H2,(H,18,19)(H,20,21). The van der Waals surface area contributed by atoms with Gasteiger partial charge in [-0.15, -0.1) is 0 Å². The zero-order valence-electron chi connectivity index (χ0n) is 12.5. The van der Waals surface area contributed by atoms with Gasteiger partial charge in [0.25, 0.3) is 0 Å². The van der Waals surface area contributed by atoms with Crippen molar-refractivity contribution in [1.82, 2.24) is 5.32 Å². The summed E-state index contributed by atoms with van der Waals surface area (Å²) in [4.78, 5) is 23.5. The fraction of sp³-hybridized carbons (Fsp3) is 0.882. The van der Waals surface area contributed by atoms with Gasteiger partial charge in [-0.25, -0.2) is 0 Å². The van der Waals surface area contributed by atoms with E-state index in [1.54, 1.807) is 0 Å².